The molecule has 0 aromatic rings. The van der Waals surface area contributed by atoms with Crippen LogP contribution in [-0.2, 0) is 42.7 Å². The van der Waals surface area contributed by atoms with Gasteiger partial charge in [-0.1, -0.05) is 27.7 Å². The van der Waals surface area contributed by atoms with Gasteiger partial charge in [-0.25, -0.2) is 0 Å². The van der Waals surface area contributed by atoms with Gasteiger partial charge in [-0.2, -0.15) is 0 Å². The average Bonchev–Trinajstić information content (AvgIpc) is 3.09. The van der Waals surface area contributed by atoms with Crippen molar-refractivity contribution in [2.75, 3.05) is 28.3 Å². The van der Waals surface area contributed by atoms with Crippen LogP contribution in [0.3, 0.4) is 0 Å². The largest absolute Gasteiger partial charge is 0.459 e. The van der Waals surface area contributed by atoms with Gasteiger partial charge in [0, 0.05) is 44.4 Å². The topological polar surface area (TPSA) is 183 Å². The minimum absolute atomic E-state index is 0.111. The molecule has 0 amide bonds. The Morgan fingerprint density at radius 3 is 1.98 bits per heavy atom. The molecule has 1 unspecified atom stereocenters. The molecule has 52 heavy (non-hydrogen) atoms. The molecule has 3 fully saturated rings. The highest BCUT2D eigenvalue weighted by Gasteiger charge is 2.54. The Morgan fingerprint density at radius 2 is 1.44 bits per heavy atom. The van der Waals surface area contributed by atoms with Crippen LogP contribution in [0.2, 0.25) is 0 Å². The highest BCUT2D eigenvalue weighted by atomic mass is 16.7. The van der Waals surface area contributed by atoms with Gasteiger partial charge in [0.1, 0.15) is 29.7 Å². The third-order valence-corrected chi connectivity index (χ3v) is 12.3. The highest BCUT2D eigenvalue weighted by Crippen LogP contribution is 2.41. The van der Waals surface area contributed by atoms with Crippen molar-refractivity contribution in [1.82, 2.24) is 4.90 Å². The standard InChI is InChI=1S/C38H69NO13/c1-15-26-38(10,45)31(42)21(4)28(40)19(2)17-37(9,47-14)33(52-35-29(41)25(39(11)12)16-20(3)48-35)22(5)30(23(6)34(44)50-26)51-27-18-36(8,46-13)32(43)24(7)49-27/h19-27,29-33,35,41-43,45H,15-18H2,1-14H3/t19-,20-,21+,22+,23-,24+,25+,26?,27+,29-,30+,31-,32+,33-,35+,36-,37-,38-/m1/s1. The summed E-state index contributed by atoms with van der Waals surface area (Å²) in [7, 11) is 6.77. The molecule has 3 heterocycles. The summed E-state index contributed by atoms with van der Waals surface area (Å²) < 4.78 is 43.9. The molecule has 0 saturated carbocycles. The molecular weight excluding hydrogens is 678 g/mol. The quantitative estimate of drug-likeness (QED) is 0.266. The molecule has 18 atom stereocenters. The summed E-state index contributed by atoms with van der Waals surface area (Å²) in [6.45, 7) is 17.1. The first-order valence-electron chi connectivity index (χ1n) is 18.9. The SMILES string of the molecule is CCC1OC(=O)[C@H](C)[C@@H](O[C@H]2C[C@@](C)(OC)[C@@H](O)[C@H](C)O2)[C@H](C)[C@@H](O[C@@H]2O[C@H](C)C[C@H](N(C)C)[C@H]2O)[C@](C)(OC)C[C@@H](C)C(=O)[C@H](C)[C@@H](O)[C@]1(C)O. The summed E-state index contributed by atoms with van der Waals surface area (Å²) in [5, 5.41) is 45.6. The first kappa shape index (κ1) is 45.1. The number of Topliss-reactive ketones (excluding diaryl/α,β-unsaturated/α-hetero) is 1. The fourth-order valence-corrected chi connectivity index (χ4v) is 8.58. The van der Waals surface area contributed by atoms with Crippen LogP contribution in [0, 0.1) is 23.7 Å². The van der Waals surface area contributed by atoms with Crippen molar-refractivity contribution in [2.45, 2.75) is 179 Å². The summed E-state index contributed by atoms with van der Waals surface area (Å²) in [6, 6.07) is -0.283. The molecule has 0 aromatic heterocycles. The van der Waals surface area contributed by atoms with Gasteiger partial charge in [0.2, 0.25) is 0 Å². The second-order valence-electron chi connectivity index (χ2n) is 16.6. The van der Waals surface area contributed by atoms with E-state index in [4.69, 9.17) is 33.2 Å². The van der Waals surface area contributed by atoms with Gasteiger partial charge in [0.05, 0.1) is 47.6 Å². The predicted molar refractivity (Wildman–Crippen MR) is 191 cm³/mol. The number of cyclic esters (lactones) is 1. The van der Waals surface area contributed by atoms with E-state index in [9.17, 15) is 30.0 Å². The van der Waals surface area contributed by atoms with Crippen LogP contribution in [0.25, 0.3) is 0 Å². The molecule has 3 aliphatic heterocycles. The number of carbonyl (C=O) groups is 2. The number of hydrogen-bond acceptors (Lipinski definition) is 14. The molecule has 3 saturated heterocycles. The molecule has 14 heteroatoms. The van der Waals surface area contributed by atoms with Gasteiger partial charge in [-0.15, -0.1) is 0 Å². The maximum Gasteiger partial charge on any atom is 0.311 e. The number of methoxy groups -OCH3 is 2. The van der Waals surface area contributed by atoms with Gasteiger partial charge >= 0.3 is 5.97 Å². The minimum Gasteiger partial charge on any atom is -0.459 e. The average molecular weight is 748 g/mol. The Morgan fingerprint density at radius 1 is 0.846 bits per heavy atom. The van der Waals surface area contributed by atoms with E-state index in [1.54, 1.807) is 48.5 Å². The van der Waals surface area contributed by atoms with Crippen molar-refractivity contribution in [3.8, 4) is 0 Å². The van der Waals surface area contributed by atoms with E-state index in [1.165, 1.54) is 21.1 Å². The van der Waals surface area contributed by atoms with E-state index >= 15 is 0 Å². The monoisotopic (exact) mass is 747 g/mol. The van der Waals surface area contributed by atoms with Gasteiger partial charge in [0.15, 0.2) is 12.6 Å². The number of carbonyl (C=O) groups excluding carboxylic acids is 2. The Labute approximate surface area is 310 Å². The summed E-state index contributed by atoms with van der Waals surface area (Å²) in [5.41, 5.74) is -4.24. The summed E-state index contributed by atoms with van der Waals surface area (Å²) in [5.74, 6) is -4.47. The fraction of sp³-hybridized carbons (Fsp3) is 0.947. The number of nitrogens with zero attached hydrogens (tertiary/aromatic N) is 1. The van der Waals surface area contributed by atoms with Crippen LogP contribution >= 0.6 is 0 Å². The van der Waals surface area contributed by atoms with Crippen molar-refractivity contribution < 1.29 is 63.2 Å². The molecule has 14 nitrogen and oxygen atoms in total. The lowest BCUT2D eigenvalue weighted by molar-refractivity contribution is -0.319. The second kappa shape index (κ2) is 17.7. The number of likely N-dealkylation sites (N-methyl/N-ethyl adjacent to an activating group) is 1. The number of aliphatic hydroxyl groups excluding tert-OH is 3. The highest BCUT2D eigenvalue weighted by molar-refractivity contribution is 5.83. The van der Waals surface area contributed by atoms with Gasteiger partial charge in [-0.05, 0) is 74.9 Å². The van der Waals surface area contributed by atoms with Crippen molar-refractivity contribution in [3.63, 3.8) is 0 Å². The number of esters is 1. The molecule has 3 rings (SSSR count). The number of ketones is 1. The summed E-state index contributed by atoms with van der Waals surface area (Å²) in [6.07, 6.45) is -8.73. The van der Waals surface area contributed by atoms with E-state index in [0.29, 0.717) is 6.42 Å². The van der Waals surface area contributed by atoms with Crippen LogP contribution in [0.5, 0.6) is 0 Å². The van der Waals surface area contributed by atoms with Crippen LogP contribution in [0.15, 0.2) is 0 Å². The number of rotatable bonds is 8. The normalized spacial score (nSPS) is 49.0. The Hall–Kier alpha value is -1.30. The molecule has 0 aliphatic carbocycles. The molecule has 3 aliphatic rings. The van der Waals surface area contributed by atoms with Crippen LogP contribution in [0.4, 0.5) is 0 Å². The van der Waals surface area contributed by atoms with E-state index in [-0.39, 0.29) is 37.2 Å². The van der Waals surface area contributed by atoms with Crippen molar-refractivity contribution in [3.05, 3.63) is 0 Å². The van der Waals surface area contributed by atoms with Crippen LogP contribution in [0.1, 0.15) is 94.9 Å². The summed E-state index contributed by atoms with van der Waals surface area (Å²) in [4.78, 5) is 30.1. The Kier molecular flexibility index (Phi) is 15.3. The van der Waals surface area contributed by atoms with E-state index in [2.05, 4.69) is 0 Å². The molecule has 0 spiro atoms. The Bertz CT molecular complexity index is 1190. The zero-order valence-corrected chi connectivity index (χ0v) is 33.9. The van der Waals surface area contributed by atoms with Crippen LogP contribution in [-0.4, -0.2) is 150 Å². The van der Waals surface area contributed by atoms with Crippen molar-refractivity contribution >= 4 is 11.8 Å². The van der Waals surface area contributed by atoms with Crippen molar-refractivity contribution in [1.29, 1.82) is 0 Å². The number of hydrogen-bond donors (Lipinski definition) is 4. The number of aliphatic hydroxyl groups is 4. The molecule has 0 aromatic carbocycles. The molecule has 4 N–H and O–H groups in total. The first-order valence-corrected chi connectivity index (χ1v) is 18.9. The zero-order chi connectivity index (χ0) is 39.7. The lowest BCUT2D eigenvalue weighted by atomic mass is 9.74. The molecular formula is C38H69NO13. The second-order valence-corrected chi connectivity index (χ2v) is 16.6. The lowest BCUT2D eigenvalue weighted by Gasteiger charge is -2.50. The van der Waals surface area contributed by atoms with Crippen LogP contribution < -0.4 is 0 Å². The van der Waals surface area contributed by atoms with E-state index in [1.807, 2.05) is 32.8 Å². The molecule has 0 bridgehead atoms. The predicted octanol–water partition coefficient (Wildman–Crippen LogP) is 2.44. The summed E-state index contributed by atoms with van der Waals surface area (Å²) >= 11 is 0. The third kappa shape index (κ3) is 9.38. The smallest absolute Gasteiger partial charge is 0.311 e. The maximum absolute atomic E-state index is 14.2. The van der Waals surface area contributed by atoms with E-state index < -0.39 is 102 Å². The Balaban J connectivity index is 2.22. The van der Waals surface area contributed by atoms with Gasteiger partial charge in [0.25, 0.3) is 0 Å². The number of ether oxygens (including phenoxy) is 7. The molecule has 0 radical (unpaired) electrons. The molecule has 304 valence electrons. The third-order valence-electron chi connectivity index (χ3n) is 12.3. The van der Waals surface area contributed by atoms with Gasteiger partial charge in [-0.3, -0.25) is 9.59 Å². The maximum atomic E-state index is 14.2. The van der Waals surface area contributed by atoms with Gasteiger partial charge < -0.3 is 58.5 Å². The van der Waals surface area contributed by atoms with E-state index in [0.717, 1.165) is 0 Å². The minimum atomic E-state index is -1.96. The zero-order valence-electron chi connectivity index (χ0n) is 33.9. The lowest BCUT2D eigenvalue weighted by Crippen LogP contribution is -2.61. The fourth-order valence-electron chi connectivity index (χ4n) is 8.58. The first-order chi connectivity index (χ1) is 24.0. The van der Waals surface area contributed by atoms with Crippen molar-refractivity contribution in [2.24, 2.45) is 23.7 Å².